The number of likely N-dealkylation sites (N-methyl/N-ethyl adjacent to an activating group) is 1. The molecule has 0 aliphatic carbocycles. The summed E-state index contributed by atoms with van der Waals surface area (Å²) in [6.45, 7) is 7.18. The molecular weight excluding hydrogens is 432 g/mol. The topological polar surface area (TPSA) is 99.3 Å². The van der Waals surface area contributed by atoms with Gasteiger partial charge in [0, 0.05) is 45.3 Å². The van der Waals surface area contributed by atoms with E-state index in [-0.39, 0.29) is 29.2 Å². The van der Waals surface area contributed by atoms with Crippen molar-refractivity contribution in [2.45, 2.75) is 44.1 Å². The summed E-state index contributed by atoms with van der Waals surface area (Å²) in [4.78, 5) is 29.3. The number of rotatable bonds is 4. The van der Waals surface area contributed by atoms with Crippen molar-refractivity contribution in [2.75, 3.05) is 51.6 Å². The molecule has 1 aromatic rings. The van der Waals surface area contributed by atoms with Crippen LogP contribution in [0.3, 0.4) is 0 Å². The van der Waals surface area contributed by atoms with Crippen LogP contribution in [0.4, 0.5) is 5.69 Å². The second kappa shape index (κ2) is 8.99. The number of piperidine rings is 1. The van der Waals surface area contributed by atoms with E-state index in [1.807, 2.05) is 18.9 Å². The van der Waals surface area contributed by atoms with Crippen molar-refractivity contribution in [1.82, 2.24) is 14.1 Å². The van der Waals surface area contributed by atoms with Gasteiger partial charge in [0.1, 0.15) is 5.75 Å². The lowest BCUT2D eigenvalue weighted by atomic mass is 9.98. The van der Waals surface area contributed by atoms with Crippen molar-refractivity contribution in [3.8, 4) is 5.75 Å². The van der Waals surface area contributed by atoms with E-state index in [1.54, 1.807) is 13.0 Å². The largest absolute Gasteiger partial charge is 0.478 e. The molecule has 1 N–H and O–H groups in total. The van der Waals surface area contributed by atoms with E-state index in [0.717, 1.165) is 13.1 Å². The molecule has 0 spiro atoms. The van der Waals surface area contributed by atoms with Crippen molar-refractivity contribution in [2.24, 2.45) is 5.92 Å². The molecule has 3 aliphatic rings. The number of amides is 2. The number of nitrogens with one attached hydrogen (secondary N) is 1. The molecule has 0 radical (unpaired) electrons. The summed E-state index contributed by atoms with van der Waals surface area (Å²) in [6, 6.07) is 3.15. The van der Waals surface area contributed by atoms with Gasteiger partial charge in [-0.2, -0.15) is 4.31 Å². The van der Waals surface area contributed by atoms with Gasteiger partial charge in [0.05, 0.1) is 16.5 Å². The third kappa shape index (κ3) is 4.35. The van der Waals surface area contributed by atoms with Crippen LogP contribution in [0.1, 0.15) is 31.7 Å². The van der Waals surface area contributed by atoms with E-state index in [1.165, 1.54) is 10.4 Å². The van der Waals surface area contributed by atoms with Crippen molar-refractivity contribution in [1.29, 1.82) is 0 Å². The van der Waals surface area contributed by atoms with E-state index in [0.29, 0.717) is 55.9 Å². The fourth-order valence-electron chi connectivity index (χ4n) is 4.62. The summed E-state index contributed by atoms with van der Waals surface area (Å²) in [5.74, 6) is -0.129. The predicted molar refractivity (Wildman–Crippen MR) is 120 cm³/mol. The second-order valence-electron chi connectivity index (χ2n) is 8.95. The summed E-state index contributed by atoms with van der Waals surface area (Å²) >= 11 is 0. The first kappa shape index (κ1) is 23.0. The van der Waals surface area contributed by atoms with Crippen LogP contribution in [0, 0.1) is 12.8 Å². The molecule has 2 unspecified atom stereocenters. The number of anilines is 1. The highest BCUT2D eigenvalue weighted by atomic mass is 32.2. The van der Waals surface area contributed by atoms with Crippen LogP contribution in [0.25, 0.3) is 0 Å². The number of carbonyl (C=O) groups is 2. The first-order chi connectivity index (χ1) is 15.2. The molecule has 2 amide bonds. The van der Waals surface area contributed by atoms with Crippen LogP contribution in [-0.4, -0.2) is 86.8 Å². The lowest BCUT2D eigenvalue weighted by Gasteiger charge is -2.37. The molecule has 3 aliphatic heterocycles. The smallest absolute Gasteiger partial charge is 0.265 e. The number of ether oxygens (including phenoxy) is 1. The Morgan fingerprint density at radius 2 is 1.91 bits per heavy atom. The van der Waals surface area contributed by atoms with Crippen molar-refractivity contribution >= 4 is 27.5 Å². The number of hydrogen-bond acceptors (Lipinski definition) is 6. The lowest BCUT2D eigenvalue weighted by molar-refractivity contribution is -0.138. The van der Waals surface area contributed by atoms with Crippen LogP contribution in [0.15, 0.2) is 17.0 Å². The first-order valence-electron chi connectivity index (χ1n) is 11.3. The molecule has 0 bridgehead atoms. The number of sulfonamides is 1. The maximum Gasteiger partial charge on any atom is 0.265 e. The zero-order valence-corrected chi connectivity index (χ0v) is 19.8. The minimum absolute atomic E-state index is 0.0528. The quantitative estimate of drug-likeness (QED) is 0.721. The van der Waals surface area contributed by atoms with Gasteiger partial charge in [-0.1, -0.05) is 6.92 Å². The number of piperazine rings is 1. The zero-order chi connectivity index (χ0) is 23.0. The molecule has 0 saturated carbocycles. The van der Waals surface area contributed by atoms with Gasteiger partial charge in [-0.25, -0.2) is 8.42 Å². The first-order valence-corrected chi connectivity index (χ1v) is 12.7. The van der Waals surface area contributed by atoms with Gasteiger partial charge in [0.2, 0.25) is 15.9 Å². The highest BCUT2D eigenvalue weighted by Gasteiger charge is 2.37. The Balaban J connectivity index is 1.54. The molecule has 0 aromatic heterocycles. The minimum atomic E-state index is -3.81. The molecule has 2 fully saturated rings. The third-order valence-electron chi connectivity index (χ3n) is 6.63. The van der Waals surface area contributed by atoms with Crippen LogP contribution in [0.5, 0.6) is 5.75 Å². The fourth-order valence-corrected chi connectivity index (χ4v) is 6.36. The van der Waals surface area contributed by atoms with Crippen molar-refractivity contribution in [3.05, 3.63) is 17.7 Å². The van der Waals surface area contributed by atoms with E-state index in [9.17, 15) is 18.0 Å². The molecule has 3 heterocycles. The Kier molecular flexibility index (Phi) is 6.46. The Morgan fingerprint density at radius 1 is 1.19 bits per heavy atom. The van der Waals surface area contributed by atoms with Crippen molar-refractivity contribution in [3.63, 3.8) is 0 Å². The van der Waals surface area contributed by atoms with Gasteiger partial charge >= 0.3 is 0 Å². The van der Waals surface area contributed by atoms with Crippen LogP contribution >= 0.6 is 0 Å². The van der Waals surface area contributed by atoms with Crippen LogP contribution in [-0.2, 0) is 19.6 Å². The number of aryl methyl sites for hydroxylation is 1. The summed E-state index contributed by atoms with van der Waals surface area (Å²) < 4.78 is 34.3. The maximum atomic E-state index is 13.5. The highest BCUT2D eigenvalue weighted by molar-refractivity contribution is 7.89. The third-order valence-corrected chi connectivity index (χ3v) is 8.64. The number of carbonyl (C=O) groups excluding carboxylic acids is 2. The molecule has 1 aromatic carbocycles. The van der Waals surface area contributed by atoms with Gasteiger partial charge in [0.15, 0.2) is 6.10 Å². The Hall–Kier alpha value is -2.17. The second-order valence-corrected chi connectivity index (χ2v) is 10.9. The summed E-state index contributed by atoms with van der Waals surface area (Å²) in [5, 5.41) is 2.80. The zero-order valence-electron chi connectivity index (χ0n) is 19.0. The lowest BCUT2D eigenvalue weighted by Crippen LogP contribution is -2.52. The Bertz CT molecular complexity index is 1000. The average Bonchev–Trinajstić information content (AvgIpc) is 2.78. The highest BCUT2D eigenvalue weighted by Crippen LogP contribution is 2.36. The SMILES string of the molecule is CCC1Oc2cc(S(=O)(=O)N3CCCC(C(=O)N4CCN(C)CC4)C3)c(C)cc2NC1=O. The number of hydrogen-bond donors (Lipinski definition) is 1. The molecule has 9 nitrogen and oxygen atoms in total. The van der Waals surface area contributed by atoms with Crippen LogP contribution in [0.2, 0.25) is 0 Å². The van der Waals surface area contributed by atoms with E-state index in [2.05, 4.69) is 10.2 Å². The summed E-state index contributed by atoms with van der Waals surface area (Å²) in [5.41, 5.74) is 1.02. The van der Waals surface area contributed by atoms with Gasteiger partial charge in [-0.15, -0.1) is 0 Å². The van der Waals surface area contributed by atoms with Gasteiger partial charge in [-0.05, 0) is 44.9 Å². The number of fused-ring (bicyclic) bond motifs is 1. The number of benzene rings is 1. The van der Waals surface area contributed by atoms with Crippen molar-refractivity contribution < 1.29 is 22.7 Å². The molecule has 10 heteroatoms. The summed E-state index contributed by atoms with van der Waals surface area (Å²) in [6.07, 6.45) is 1.20. The summed E-state index contributed by atoms with van der Waals surface area (Å²) in [7, 11) is -1.77. The standard InChI is InChI=1S/C22H32N4O5S/c1-4-18-21(27)23-17-12-15(2)20(13-19(17)31-18)32(29,30)26-7-5-6-16(14-26)22(28)25-10-8-24(3)9-11-25/h12-13,16,18H,4-11,14H2,1-3H3,(H,23,27). The van der Waals surface area contributed by atoms with E-state index < -0.39 is 16.1 Å². The molecule has 2 atom stereocenters. The molecule has 4 rings (SSSR count). The maximum absolute atomic E-state index is 13.5. The molecule has 32 heavy (non-hydrogen) atoms. The molecular formula is C22H32N4O5S. The fraction of sp³-hybridized carbons (Fsp3) is 0.636. The monoisotopic (exact) mass is 464 g/mol. The van der Waals surface area contributed by atoms with Crippen LogP contribution < -0.4 is 10.1 Å². The van der Waals surface area contributed by atoms with E-state index in [4.69, 9.17) is 4.74 Å². The average molecular weight is 465 g/mol. The number of nitrogens with zero attached hydrogens (tertiary/aromatic N) is 3. The predicted octanol–water partition coefficient (Wildman–Crippen LogP) is 1.28. The molecule has 176 valence electrons. The Morgan fingerprint density at radius 3 is 2.59 bits per heavy atom. The molecule has 2 saturated heterocycles. The van der Waals surface area contributed by atoms with Gasteiger partial charge < -0.3 is 19.9 Å². The minimum Gasteiger partial charge on any atom is -0.478 e. The van der Waals surface area contributed by atoms with Gasteiger partial charge in [-0.3, -0.25) is 9.59 Å². The Labute approximate surface area is 189 Å². The normalized spacial score (nSPS) is 25.1. The van der Waals surface area contributed by atoms with E-state index >= 15 is 0 Å². The van der Waals surface area contributed by atoms with Gasteiger partial charge in [0.25, 0.3) is 5.91 Å².